The monoisotopic (exact) mass is 263 g/mol. The SMILES string of the molecule is CN1CCN(CCCN2C[C@@H]3CC=CC[C@H]3C2)CC1. The van der Waals surface area contributed by atoms with Crippen molar-refractivity contribution in [3.05, 3.63) is 12.2 Å². The number of hydrogen-bond acceptors (Lipinski definition) is 3. The third kappa shape index (κ3) is 3.59. The predicted molar refractivity (Wildman–Crippen MR) is 80.3 cm³/mol. The fourth-order valence-electron chi connectivity index (χ4n) is 3.88. The van der Waals surface area contributed by atoms with E-state index in [0.717, 1.165) is 11.8 Å². The van der Waals surface area contributed by atoms with Gasteiger partial charge in [-0.2, -0.15) is 0 Å². The summed E-state index contributed by atoms with van der Waals surface area (Å²) >= 11 is 0. The molecule has 0 aromatic carbocycles. The van der Waals surface area contributed by atoms with Gasteiger partial charge < -0.3 is 14.7 Å². The molecule has 2 fully saturated rings. The van der Waals surface area contributed by atoms with Crippen LogP contribution in [0.15, 0.2) is 12.2 Å². The smallest absolute Gasteiger partial charge is 0.0110 e. The van der Waals surface area contributed by atoms with Crippen LogP contribution in [0.3, 0.4) is 0 Å². The second kappa shape index (κ2) is 6.38. The Hall–Kier alpha value is -0.380. The van der Waals surface area contributed by atoms with Gasteiger partial charge in [-0.15, -0.1) is 0 Å². The molecular formula is C16H29N3. The Morgan fingerprint density at radius 2 is 1.42 bits per heavy atom. The van der Waals surface area contributed by atoms with E-state index < -0.39 is 0 Å². The summed E-state index contributed by atoms with van der Waals surface area (Å²) in [6, 6.07) is 0. The molecule has 3 rings (SSSR count). The van der Waals surface area contributed by atoms with Gasteiger partial charge in [0.2, 0.25) is 0 Å². The average molecular weight is 263 g/mol. The number of fused-ring (bicyclic) bond motifs is 1. The van der Waals surface area contributed by atoms with Crippen molar-refractivity contribution < 1.29 is 0 Å². The molecule has 3 heteroatoms. The van der Waals surface area contributed by atoms with Crippen LogP contribution in [0, 0.1) is 11.8 Å². The van der Waals surface area contributed by atoms with Gasteiger partial charge in [-0.05, 0) is 51.2 Å². The fourth-order valence-corrected chi connectivity index (χ4v) is 3.88. The van der Waals surface area contributed by atoms with E-state index in [1.54, 1.807) is 0 Å². The molecule has 3 aliphatic rings. The molecule has 19 heavy (non-hydrogen) atoms. The molecule has 1 aliphatic carbocycles. The van der Waals surface area contributed by atoms with Crippen molar-refractivity contribution in [1.29, 1.82) is 0 Å². The first-order chi connectivity index (χ1) is 9.31. The zero-order valence-corrected chi connectivity index (χ0v) is 12.4. The van der Waals surface area contributed by atoms with E-state index in [1.165, 1.54) is 71.6 Å². The molecule has 2 atom stereocenters. The van der Waals surface area contributed by atoms with Gasteiger partial charge in [0.1, 0.15) is 0 Å². The van der Waals surface area contributed by atoms with Crippen molar-refractivity contribution in [2.45, 2.75) is 19.3 Å². The summed E-state index contributed by atoms with van der Waals surface area (Å²) in [6.07, 6.45) is 8.82. The Labute approximate surface area is 118 Å². The fraction of sp³-hybridized carbons (Fsp3) is 0.875. The van der Waals surface area contributed by atoms with E-state index in [4.69, 9.17) is 0 Å². The van der Waals surface area contributed by atoms with Crippen LogP contribution in [-0.2, 0) is 0 Å². The predicted octanol–water partition coefficient (Wildman–Crippen LogP) is 1.52. The van der Waals surface area contributed by atoms with Crippen LogP contribution in [0.4, 0.5) is 0 Å². The first-order valence-electron chi connectivity index (χ1n) is 8.09. The first kappa shape index (κ1) is 13.6. The summed E-state index contributed by atoms with van der Waals surface area (Å²) in [7, 11) is 2.23. The summed E-state index contributed by atoms with van der Waals surface area (Å²) in [5.41, 5.74) is 0. The summed E-state index contributed by atoms with van der Waals surface area (Å²) in [5, 5.41) is 0. The third-order valence-corrected chi connectivity index (χ3v) is 5.24. The number of piperazine rings is 1. The second-order valence-electron chi connectivity index (χ2n) is 6.72. The van der Waals surface area contributed by atoms with E-state index in [0.29, 0.717) is 0 Å². The number of nitrogens with zero attached hydrogens (tertiary/aromatic N) is 3. The minimum Gasteiger partial charge on any atom is -0.304 e. The summed E-state index contributed by atoms with van der Waals surface area (Å²) in [5.74, 6) is 1.93. The minimum absolute atomic E-state index is 0.966. The molecule has 108 valence electrons. The highest BCUT2D eigenvalue weighted by atomic mass is 15.2. The van der Waals surface area contributed by atoms with Gasteiger partial charge in [-0.1, -0.05) is 12.2 Å². The van der Waals surface area contributed by atoms with Gasteiger partial charge in [0.05, 0.1) is 0 Å². The molecule has 0 aromatic rings. The van der Waals surface area contributed by atoms with Crippen LogP contribution in [0.1, 0.15) is 19.3 Å². The summed E-state index contributed by atoms with van der Waals surface area (Å²) in [4.78, 5) is 7.80. The third-order valence-electron chi connectivity index (χ3n) is 5.24. The van der Waals surface area contributed by atoms with Crippen molar-refractivity contribution in [2.75, 3.05) is 59.4 Å². The van der Waals surface area contributed by atoms with Gasteiger partial charge >= 0.3 is 0 Å². The Bertz CT molecular complexity index is 291. The standard InChI is InChI=1S/C16H29N3/c1-17-9-11-18(12-10-17)7-4-8-19-13-15-5-2-3-6-16(15)14-19/h2-3,15-16H,4-14H2,1H3/t15-,16-/m0/s1. The normalized spacial score (nSPS) is 33.7. The molecular weight excluding hydrogens is 234 g/mol. The van der Waals surface area contributed by atoms with Crippen LogP contribution in [0.2, 0.25) is 0 Å². The second-order valence-corrected chi connectivity index (χ2v) is 6.72. The van der Waals surface area contributed by atoms with Gasteiger partial charge in [-0.25, -0.2) is 0 Å². The van der Waals surface area contributed by atoms with E-state index >= 15 is 0 Å². The van der Waals surface area contributed by atoms with Crippen molar-refractivity contribution in [1.82, 2.24) is 14.7 Å². The van der Waals surface area contributed by atoms with E-state index in [9.17, 15) is 0 Å². The molecule has 2 aliphatic heterocycles. The van der Waals surface area contributed by atoms with Crippen molar-refractivity contribution in [3.8, 4) is 0 Å². The van der Waals surface area contributed by atoms with E-state index in [1.807, 2.05) is 0 Å². The number of hydrogen-bond donors (Lipinski definition) is 0. The maximum atomic E-state index is 2.72. The Morgan fingerprint density at radius 3 is 2.05 bits per heavy atom. The largest absolute Gasteiger partial charge is 0.304 e. The van der Waals surface area contributed by atoms with Crippen molar-refractivity contribution >= 4 is 0 Å². The molecule has 0 radical (unpaired) electrons. The van der Waals surface area contributed by atoms with E-state index in [-0.39, 0.29) is 0 Å². The zero-order chi connectivity index (χ0) is 13.1. The van der Waals surface area contributed by atoms with Crippen molar-refractivity contribution in [2.24, 2.45) is 11.8 Å². The molecule has 0 amide bonds. The van der Waals surface area contributed by atoms with Crippen LogP contribution in [-0.4, -0.2) is 74.1 Å². The maximum Gasteiger partial charge on any atom is 0.0110 e. The summed E-state index contributed by atoms with van der Waals surface area (Å²) < 4.78 is 0. The average Bonchev–Trinajstić information content (AvgIpc) is 2.83. The van der Waals surface area contributed by atoms with Crippen LogP contribution in [0.25, 0.3) is 0 Å². The highest BCUT2D eigenvalue weighted by molar-refractivity contribution is 4.99. The topological polar surface area (TPSA) is 9.72 Å². The molecule has 0 N–H and O–H groups in total. The molecule has 2 saturated heterocycles. The van der Waals surface area contributed by atoms with Gasteiger partial charge in [0.15, 0.2) is 0 Å². The molecule has 0 bridgehead atoms. The lowest BCUT2D eigenvalue weighted by molar-refractivity contribution is 0.147. The van der Waals surface area contributed by atoms with Gasteiger partial charge in [0, 0.05) is 39.3 Å². The van der Waals surface area contributed by atoms with Crippen LogP contribution < -0.4 is 0 Å². The Morgan fingerprint density at radius 1 is 0.842 bits per heavy atom. The number of likely N-dealkylation sites (N-methyl/N-ethyl adjacent to an activating group) is 1. The lowest BCUT2D eigenvalue weighted by Gasteiger charge is -2.32. The van der Waals surface area contributed by atoms with Crippen molar-refractivity contribution in [3.63, 3.8) is 0 Å². The number of likely N-dealkylation sites (tertiary alicyclic amines) is 1. The molecule has 3 nitrogen and oxygen atoms in total. The Balaban J connectivity index is 1.33. The first-order valence-corrected chi connectivity index (χ1v) is 8.09. The lowest BCUT2D eigenvalue weighted by atomic mass is 9.86. The van der Waals surface area contributed by atoms with Gasteiger partial charge in [0.25, 0.3) is 0 Å². The highest BCUT2D eigenvalue weighted by Crippen LogP contribution is 2.32. The van der Waals surface area contributed by atoms with Gasteiger partial charge in [-0.3, -0.25) is 0 Å². The van der Waals surface area contributed by atoms with Crippen LogP contribution >= 0.6 is 0 Å². The minimum atomic E-state index is 0.966. The van der Waals surface area contributed by atoms with Crippen LogP contribution in [0.5, 0.6) is 0 Å². The summed E-state index contributed by atoms with van der Waals surface area (Å²) in [6.45, 7) is 10.4. The highest BCUT2D eigenvalue weighted by Gasteiger charge is 2.32. The zero-order valence-electron chi connectivity index (χ0n) is 12.4. The molecule has 0 spiro atoms. The lowest BCUT2D eigenvalue weighted by Crippen LogP contribution is -2.45. The quantitative estimate of drug-likeness (QED) is 0.712. The number of allylic oxidation sites excluding steroid dienone is 2. The molecule has 0 saturated carbocycles. The van der Waals surface area contributed by atoms with E-state index in [2.05, 4.69) is 33.9 Å². The Kier molecular flexibility index (Phi) is 4.57. The maximum absolute atomic E-state index is 2.72. The molecule has 0 unspecified atom stereocenters. The number of rotatable bonds is 4. The molecule has 0 aromatic heterocycles. The molecule has 2 heterocycles.